The smallest absolute Gasteiger partial charge is 0.156 e. The van der Waals surface area contributed by atoms with Gasteiger partial charge in [-0.3, -0.25) is 0 Å². The molecule has 0 fully saturated rings. The van der Waals surface area contributed by atoms with Gasteiger partial charge in [-0.2, -0.15) is 0 Å². The molecule has 0 atom stereocenters. The van der Waals surface area contributed by atoms with E-state index in [9.17, 15) is 0 Å². The summed E-state index contributed by atoms with van der Waals surface area (Å²) >= 11 is 3.97. The summed E-state index contributed by atoms with van der Waals surface area (Å²) in [5, 5.41) is 0.620. The Balaban J connectivity index is 2.69. The Labute approximate surface area is 53.8 Å². The molecule has 0 saturated heterocycles. The number of hydrogen-bond acceptors (Lipinski definition) is 2. The van der Waals surface area contributed by atoms with Crippen LogP contribution in [0.4, 0.5) is 0 Å². The third kappa shape index (κ3) is 1.46. The van der Waals surface area contributed by atoms with E-state index in [1.807, 2.05) is 12.2 Å². The molecule has 0 amide bonds. The second-order valence-corrected chi connectivity index (χ2v) is 1.78. The van der Waals surface area contributed by atoms with Gasteiger partial charge in [-0.05, 0) is 12.2 Å². The van der Waals surface area contributed by atoms with Crippen LogP contribution < -0.4 is 0 Å². The number of ether oxygens (including phenoxy) is 1. The first-order chi connectivity index (χ1) is 3.89. The summed E-state index contributed by atoms with van der Waals surface area (Å²) in [5.41, 5.74) is 0. The highest BCUT2D eigenvalue weighted by Gasteiger charge is 1.84. The molecule has 0 aliphatic carbocycles. The van der Waals surface area contributed by atoms with Crippen molar-refractivity contribution in [3.05, 3.63) is 35.7 Å². The average molecular weight is 126 g/mol. The maximum atomic E-state index is 4.89. The van der Waals surface area contributed by atoms with Gasteiger partial charge in [-0.1, -0.05) is 12.2 Å². The standard InChI is InChI=1S/C6H6OS/c8-6-4-2-1-3-5-7-6/h1-5,8H. The quantitative estimate of drug-likeness (QED) is 0.487. The van der Waals surface area contributed by atoms with Gasteiger partial charge in [-0.15, -0.1) is 12.6 Å². The number of allylic oxidation sites excluding steroid dienone is 4. The molecule has 0 spiro atoms. The van der Waals surface area contributed by atoms with Crippen LogP contribution in [0.15, 0.2) is 35.7 Å². The lowest BCUT2D eigenvalue weighted by Crippen LogP contribution is -1.68. The summed E-state index contributed by atoms with van der Waals surface area (Å²) in [5.74, 6) is 0. The van der Waals surface area contributed by atoms with Crippen LogP contribution in [0.3, 0.4) is 0 Å². The molecule has 1 rings (SSSR count). The van der Waals surface area contributed by atoms with Crippen molar-refractivity contribution in [2.45, 2.75) is 0 Å². The summed E-state index contributed by atoms with van der Waals surface area (Å²) in [7, 11) is 0. The van der Waals surface area contributed by atoms with Crippen LogP contribution in [-0.2, 0) is 4.74 Å². The van der Waals surface area contributed by atoms with Gasteiger partial charge in [0.1, 0.15) is 0 Å². The van der Waals surface area contributed by atoms with Crippen molar-refractivity contribution < 1.29 is 4.74 Å². The molecule has 1 nitrogen and oxygen atoms in total. The van der Waals surface area contributed by atoms with Gasteiger partial charge in [0.15, 0.2) is 5.09 Å². The average Bonchev–Trinajstić information content (AvgIpc) is 1.94. The summed E-state index contributed by atoms with van der Waals surface area (Å²) in [6.45, 7) is 0. The predicted octanol–water partition coefficient (Wildman–Crippen LogP) is 1.86. The SMILES string of the molecule is SC1=CC=CC=CO1. The van der Waals surface area contributed by atoms with E-state index in [4.69, 9.17) is 4.74 Å². The Morgan fingerprint density at radius 1 is 1.25 bits per heavy atom. The van der Waals surface area contributed by atoms with Gasteiger partial charge >= 0.3 is 0 Å². The monoisotopic (exact) mass is 126 g/mol. The van der Waals surface area contributed by atoms with Gasteiger partial charge < -0.3 is 4.74 Å². The van der Waals surface area contributed by atoms with Crippen molar-refractivity contribution in [2.24, 2.45) is 0 Å². The van der Waals surface area contributed by atoms with Crippen molar-refractivity contribution in [1.29, 1.82) is 0 Å². The van der Waals surface area contributed by atoms with E-state index in [1.54, 1.807) is 18.4 Å². The molecular formula is C6H6OS. The van der Waals surface area contributed by atoms with Gasteiger partial charge in [0.05, 0.1) is 6.26 Å². The minimum Gasteiger partial charge on any atom is -0.458 e. The number of thiol groups is 1. The van der Waals surface area contributed by atoms with Crippen molar-refractivity contribution >= 4 is 12.6 Å². The number of rotatable bonds is 0. The Morgan fingerprint density at radius 3 is 3.00 bits per heavy atom. The third-order valence-electron chi connectivity index (χ3n) is 0.728. The van der Waals surface area contributed by atoms with E-state index in [-0.39, 0.29) is 0 Å². The molecule has 0 bridgehead atoms. The zero-order valence-corrected chi connectivity index (χ0v) is 5.14. The van der Waals surface area contributed by atoms with E-state index in [2.05, 4.69) is 12.6 Å². The normalized spacial score (nSPS) is 16.9. The van der Waals surface area contributed by atoms with E-state index in [1.165, 1.54) is 0 Å². The van der Waals surface area contributed by atoms with Crippen LogP contribution in [-0.4, -0.2) is 0 Å². The lowest BCUT2D eigenvalue weighted by atomic mass is 10.5. The fourth-order valence-corrected chi connectivity index (χ4v) is 0.543. The first-order valence-corrected chi connectivity index (χ1v) is 2.73. The van der Waals surface area contributed by atoms with E-state index in [0.717, 1.165) is 0 Å². The summed E-state index contributed by atoms with van der Waals surface area (Å²) < 4.78 is 4.89. The van der Waals surface area contributed by atoms with Crippen molar-refractivity contribution in [3.63, 3.8) is 0 Å². The van der Waals surface area contributed by atoms with Gasteiger partial charge in [0.25, 0.3) is 0 Å². The molecule has 0 aromatic rings. The summed E-state index contributed by atoms with van der Waals surface area (Å²) in [4.78, 5) is 0. The molecule has 0 unspecified atom stereocenters. The fraction of sp³-hybridized carbons (Fsp3) is 0. The first kappa shape index (κ1) is 5.51. The first-order valence-electron chi connectivity index (χ1n) is 2.29. The number of hydrogen-bond donors (Lipinski definition) is 1. The van der Waals surface area contributed by atoms with Crippen molar-refractivity contribution in [1.82, 2.24) is 0 Å². The highest BCUT2D eigenvalue weighted by atomic mass is 32.1. The molecule has 8 heavy (non-hydrogen) atoms. The fourth-order valence-electron chi connectivity index (χ4n) is 0.396. The molecule has 1 heterocycles. The van der Waals surface area contributed by atoms with Gasteiger partial charge in [0.2, 0.25) is 0 Å². The lowest BCUT2D eigenvalue weighted by Gasteiger charge is -1.91. The molecule has 1 aliphatic heterocycles. The maximum Gasteiger partial charge on any atom is 0.156 e. The molecule has 2 heteroatoms. The molecule has 0 radical (unpaired) electrons. The topological polar surface area (TPSA) is 9.23 Å². The van der Waals surface area contributed by atoms with E-state index >= 15 is 0 Å². The van der Waals surface area contributed by atoms with Gasteiger partial charge in [0, 0.05) is 0 Å². The van der Waals surface area contributed by atoms with Crippen LogP contribution in [0.2, 0.25) is 0 Å². The maximum absolute atomic E-state index is 4.89. The molecule has 1 aliphatic rings. The lowest BCUT2D eigenvalue weighted by molar-refractivity contribution is 0.390. The van der Waals surface area contributed by atoms with Crippen LogP contribution in [0, 0.1) is 0 Å². The van der Waals surface area contributed by atoms with Crippen LogP contribution >= 0.6 is 12.6 Å². The minimum absolute atomic E-state index is 0.620. The van der Waals surface area contributed by atoms with E-state index in [0.29, 0.717) is 5.09 Å². The zero-order chi connectivity index (χ0) is 5.82. The molecule has 42 valence electrons. The van der Waals surface area contributed by atoms with Crippen molar-refractivity contribution in [2.75, 3.05) is 0 Å². The molecule has 0 N–H and O–H groups in total. The molecule has 0 aromatic carbocycles. The Hall–Kier alpha value is -0.630. The van der Waals surface area contributed by atoms with Crippen LogP contribution in [0.25, 0.3) is 0 Å². The highest BCUT2D eigenvalue weighted by molar-refractivity contribution is 7.84. The summed E-state index contributed by atoms with van der Waals surface area (Å²) in [6.07, 6.45) is 8.92. The second kappa shape index (κ2) is 2.62. The van der Waals surface area contributed by atoms with Crippen molar-refractivity contribution in [3.8, 4) is 0 Å². The summed E-state index contributed by atoms with van der Waals surface area (Å²) in [6, 6.07) is 0. The zero-order valence-electron chi connectivity index (χ0n) is 4.24. The van der Waals surface area contributed by atoms with Crippen LogP contribution in [0.1, 0.15) is 0 Å². The Kier molecular flexibility index (Phi) is 1.80. The van der Waals surface area contributed by atoms with Crippen LogP contribution in [0.5, 0.6) is 0 Å². The Bertz CT molecular complexity index is 156. The third-order valence-corrected chi connectivity index (χ3v) is 0.983. The Morgan fingerprint density at radius 2 is 2.12 bits per heavy atom. The second-order valence-electron chi connectivity index (χ2n) is 1.34. The minimum atomic E-state index is 0.620. The molecule has 0 saturated carbocycles. The highest BCUT2D eigenvalue weighted by Crippen LogP contribution is 2.05. The predicted molar refractivity (Wildman–Crippen MR) is 36.4 cm³/mol. The largest absolute Gasteiger partial charge is 0.458 e. The molecule has 0 aromatic heterocycles. The molecular weight excluding hydrogens is 120 g/mol. The van der Waals surface area contributed by atoms with E-state index < -0.39 is 0 Å². The van der Waals surface area contributed by atoms with Gasteiger partial charge in [-0.25, -0.2) is 0 Å².